The first kappa shape index (κ1) is 27.6. The highest BCUT2D eigenvalue weighted by Crippen LogP contribution is 2.39. The third kappa shape index (κ3) is 4.95. The average Bonchev–Trinajstić information content (AvgIpc) is 3.36. The lowest BCUT2D eigenvalue weighted by molar-refractivity contribution is 0.0723. The fraction of sp³-hybridized carbons (Fsp3) is 0.438. The summed E-state index contributed by atoms with van der Waals surface area (Å²) in [4.78, 5) is 29.0. The van der Waals surface area contributed by atoms with Gasteiger partial charge in [-0.25, -0.2) is 19.3 Å². The quantitative estimate of drug-likeness (QED) is 0.262. The van der Waals surface area contributed by atoms with Crippen molar-refractivity contribution >= 4 is 28.0 Å². The SMILES string of the molecule is Cn1c(-c2cc3cccc(OCC(C)(C)n4ccnc4)c3n2CC2CC2)nc2cc3c(nc21)CCN(C[C@H](N)CF)C3=O. The summed E-state index contributed by atoms with van der Waals surface area (Å²) in [5, 5.41) is 1.09. The van der Waals surface area contributed by atoms with Crippen molar-refractivity contribution in [1.29, 1.82) is 0 Å². The zero-order valence-electron chi connectivity index (χ0n) is 24.8. The lowest BCUT2D eigenvalue weighted by Crippen LogP contribution is -2.45. The molecule has 1 aliphatic carbocycles. The fourth-order valence-electron chi connectivity index (χ4n) is 6.06. The molecule has 43 heavy (non-hydrogen) atoms. The van der Waals surface area contributed by atoms with Gasteiger partial charge in [-0.05, 0) is 50.8 Å². The molecular formula is C32H37FN8O2. The number of hydrogen-bond donors (Lipinski definition) is 1. The zero-order chi connectivity index (χ0) is 29.9. The van der Waals surface area contributed by atoms with E-state index in [-0.39, 0.29) is 18.0 Å². The molecule has 224 valence electrons. The van der Waals surface area contributed by atoms with Crippen molar-refractivity contribution in [3.8, 4) is 17.3 Å². The molecule has 10 nitrogen and oxygen atoms in total. The van der Waals surface area contributed by atoms with Crippen LogP contribution in [0.15, 0.2) is 49.1 Å². The minimum Gasteiger partial charge on any atom is -0.489 e. The molecule has 1 atom stereocenters. The second-order valence-corrected chi connectivity index (χ2v) is 12.6. The summed E-state index contributed by atoms with van der Waals surface area (Å²) in [5.74, 6) is 2.07. The molecule has 1 aromatic carbocycles. The molecular weight excluding hydrogens is 547 g/mol. The molecule has 5 heterocycles. The third-order valence-electron chi connectivity index (χ3n) is 8.75. The smallest absolute Gasteiger partial charge is 0.255 e. The van der Waals surface area contributed by atoms with Crippen molar-refractivity contribution in [2.45, 2.75) is 51.2 Å². The molecule has 0 spiro atoms. The van der Waals surface area contributed by atoms with Gasteiger partial charge in [0.05, 0.1) is 40.4 Å². The van der Waals surface area contributed by atoms with E-state index in [0.29, 0.717) is 36.6 Å². The zero-order valence-corrected chi connectivity index (χ0v) is 24.8. The molecule has 5 aromatic rings. The van der Waals surface area contributed by atoms with Crippen molar-refractivity contribution < 1.29 is 13.9 Å². The second kappa shape index (κ2) is 10.5. The van der Waals surface area contributed by atoms with Crippen molar-refractivity contribution in [2.75, 3.05) is 26.4 Å². The van der Waals surface area contributed by atoms with Gasteiger partial charge in [0, 0.05) is 50.9 Å². The summed E-state index contributed by atoms with van der Waals surface area (Å²) in [7, 11) is 1.98. The van der Waals surface area contributed by atoms with Crippen LogP contribution in [-0.2, 0) is 25.6 Å². The number of amides is 1. The molecule has 0 bridgehead atoms. The normalized spacial score (nSPS) is 16.3. The minimum absolute atomic E-state index is 0.171. The van der Waals surface area contributed by atoms with Crippen LogP contribution in [0.3, 0.4) is 0 Å². The number of para-hydroxylation sites is 1. The number of carbonyl (C=O) groups is 1. The Kier molecular flexibility index (Phi) is 6.72. The first-order chi connectivity index (χ1) is 20.7. The Morgan fingerprint density at radius 2 is 2.05 bits per heavy atom. The highest BCUT2D eigenvalue weighted by Gasteiger charge is 2.30. The van der Waals surface area contributed by atoms with Crippen LogP contribution < -0.4 is 10.5 Å². The average molecular weight is 585 g/mol. The summed E-state index contributed by atoms with van der Waals surface area (Å²) in [5.41, 5.74) is 10.2. The van der Waals surface area contributed by atoms with E-state index in [0.717, 1.165) is 46.1 Å². The van der Waals surface area contributed by atoms with Gasteiger partial charge in [0.25, 0.3) is 5.91 Å². The molecule has 7 rings (SSSR count). The lowest BCUT2D eigenvalue weighted by Gasteiger charge is -2.29. The van der Waals surface area contributed by atoms with Crippen LogP contribution in [0, 0.1) is 5.92 Å². The number of ether oxygens (including phenoxy) is 1. The number of hydrogen-bond acceptors (Lipinski definition) is 6. The highest BCUT2D eigenvalue weighted by atomic mass is 19.1. The van der Waals surface area contributed by atoms with Crippen LogP contribution in [0.1, 0.15) is 42.7 Å². The number of aryl methyl sites for hydroxylation is 1. The number of pyridine rings is 1. The molecule has 2 N–H and O–H groups in total. The predicted molar refractivity (Wildman–Crippen MR) is 163 cm³/mol. The predicted octanol–water partition coefficient (Wildman–Crippen LogP) is 4.31. The third-order valence-corrected chi connectivity index (χ3v) is 8.75. The number of carbonyl (C=O) groups excluding carboxylic acids is 1. The largest absolute Gasteiger partial charge is 0.489 e. The van der Waals surface area contributed by atoms with Crippen molar-refractivity contribution in [3.63, 3.8) is 0 Å². The Balaban J connectivity index is 1.28. The van der Waals surface area contributed by atoms with Gasteiger partial charge in [0.15, 0.2) is 11.5 Å². The standard InChI is InChI=1S/C32H37FN8O2/c1-32(2,40-12-10-35-19-40)18-43-27-6-4-5-21-13-26(41(28(21)27)16-20-7-8-20)30-37-25-14-23-24(36-29(25)38(30)3)9-11-39(31(23)42)17-22(34)15-33/h4-6,10,12-14,19-20,22H,7-9,11,15-18,34H2,1-3H3/t22-/m1/s1. The summed E-state index contributed by atoms with van der Waals surface area (Å²) in [6, 6.07) is 9.50. The van der Waals surface area contributed by atoms with Crippen LogP contribution >= 0.6 is 0 Å². The molecule has 4 aromatic heterocycles. The number of fused-ring (bicyclic) bond motifs is 3. The maximum Gasteiger partial charge on any atom is 0.255 e. The van der Waals surface area contributed by atoms with Gasteiger partial charge in [0.1, 0.15) is 24.5 Å². The lowest BCUT2D eigenvalue weighted by atomic mass is 10.0. The van der Waals surface area contributed by atoms with Crippen LogP contribution in [-0.4, -0.2) is 71.9 Å². The number of alkyl halides is 1. The first-order valence-electron chi connectivity index (χ1n) is 14.9. The molecule has 1 fully saturated rings. The van der Waals surface area contributed by atoms with E-state index in [1.165, 1.54) is 12.8 Å². The molecule has 0 radical (unpaired) electrons. The van der Waals surface area contributed by atoms with Gasteiger partial charge in [-0.15, -0.1) is 0 Å². The number of halogens is 1. The molecule has 1 saturated carbocycles. The van der Waals surface area contributed by atoms with E-state index in [2.05, 4.69) is 40.1 Å². The number of nitrogens with two attached hydrogens (primary N) is 1. The van der Waals surface area contributed by atoms with Crippen molar-refractivity contribution in [1.82, 2.24) is 33.6 Å². The summed E-state index contributed by atoms with van der Waals surface area (Å²) in [6.45, 7) is 5.62. The minimum atomic E-state index is -0.692. The Morgan fingerprint density at radius 1 is 1.21 bits per heavy atom. The van der Waals surface area contributed by atoms with Crippen LogP contribution in [0.5, 0.6) is 5.75 Å². The summed E-state index contributed by atoms with van der Waals surface area (Å²) in [6.07, 6.45) is 8.56. The maximum absolute atomic E-state index is 13.3. The Morgan fingerprint density at radius 3 is 2.79 bits per heavy atom. The highest BCUT2D eigenvalue weighted by molar-refractivity contribution is 5.99. The maximum atomic E-state index is 13.3. The molecule has 0 saturated heterocycles. The monoisotopic (exact) mass is 584 g/mol. The van der Waals surface area contributed by atoms with Gasteiger partial charge in [-0.3, -0.25) is 4.79 Å². The number of benzene rings is 1. The van der Waals surface area contributed by atoms with Crippen LogP contribution in [0.2, 0.25) is 0 Å². The number of aromatic nitrogens is 6. The van der Waals surface area contributed by atoms with E-state index >= 15 is 0 Å². The Bertz CT molecular complexity index is 1820. The Hall–Kier alpha value is -4.25. The molecule has 1 amide bonds. The van der Waals surface area contributed by atoms with Crippen LogP contribution in [0.4, 0.5) is 4.39 Å². The topological polar surface area (TPSA) is 109 Å². The van der Waals surface area contributed by atoms with E-state index < -0.39 is 12.7 Å². The van der Waals surface area contributed by atoms with Gasteiger partial charge < -0.3 is 29.1 Å². The summed E-state index contributed by atoms with van der Waals surface area (Å²) < 4.78 is 26.0. The van der Waals surface area contributed by atoms with Crippen molar-refractivity contribution in [2.24, 2.45) is 18.7 Å². The van der Waals surface area contributed by atoms with Crippen LogP contribution in [0.25, 0.3) is 33.6 Å². The number of rotatable bonds is 10. The first-order valence-corrected chi connectivity index (χ1v) is 14.9. The molecule has 1 aliphatic heterocycles. The van der Waals surface area contributed by atoms with Gasteiger partial charge in [-0.1, -0.05) is 12.1 Å². The second-order valence-electron chi connectivity index (χ2n) is 12.6. The fourth-order valence-corrected chi connectivity index (χ4v) is 6.06. The van der Waals surface area contributed by atoms with Crippen molar-refractivity contribution in [3.05, 3.63) is 60.3 Å². The molecule has 0 unspecified atom stereocenters. The van der Waals surface area contributed by atoms with Gasteiger partial charge >= 0.3 is 0 Å². The molecule has 11 heteroatoms. The number of nitrogens with zero attached hydrogens (tertiary/aromatic N) is 7. The van der Waals surface area contributed by atoms with Gasteiger partial charge in [-0.2, -0.15) is 0 Å². The van der Waals surface area contributed by atoms with E-state index in [9.17, 15) is 9.18 Å². The van der Waals surface area contributed by atoms with E-state index in [1.54, 1.807) is 11.1 Å². The molecule has 2 aliphatic rings. The summed E-state index contributed by atoms with van der Waals surface area (Å²) >= 11 is 0. The van der Waals surface area contributed by atoms with E-state index in [1.807, 2.05) is 42.3 Å². The van der Waals surface area contributed by atoms with E-state index in [4.69, 9.17) is 20.4 Å². The van der Waals surface area contributed by atoms with Gasteiger partial charge in [0.2, 0.25) is 0 Å². The number of imidazole rings is 2. The Labute approximate surface area is 249 Å².